The van der Waals surface area contributed by atoms with E-state index in [1.165, 1.54) is 10.8 Å². The van der Waals surface area contributed by atoms with Gasteiger partial charge in [0.2, 0.25) is 0 Å². The van der Waals surface area contributed by atoms with Crippen molar-refractivity contribution in [3.63, 3.8) is 0 Å². The molecule has 3 nitrogen and oxygen atoms in total. The Morgan fingerprint density at radius 3 is 2.15 bits per heavy atom. The molecule has 0 radical (unpaired) electrons. The normalized spacial score (nSPS) is 11.5. The van der Waals surface area contributed by atoms with Crippen LogP contribution in [0.4, 0.5) is 0 Å². The summed E-state index contributed by atoms with van der Waals surface area (Å²) in [5.41, 5.74) is 3.76. The van der Waals surface area contributed by atoms with Gasteiger partial charge in [0.1, 0.15) is 0 Å². The molecule has 26 heavy (non-hydrogen) atoms. The number of rotatable bonds is 2. The number of hydrogen-bond acceptors (Lipinski definition) is 2. The molecule has 0 aliphatic rings. The van der Waals surface area contributed by atoms with Crippen molar-refractivity contribution < 1.29 is 10.0 Å². The molecule has 0 bridgehead atoms. The van der Waals surface area contributed by atoms with Crippen LogP contribution in [0.15, 0.2) is 84.9 Å². The van der Waals surface area contributed by atoms with E-state index < -0.39 is 7.12 Å². The minimum absolute atomic E-state index is 0.498. The molecule has 0 aliphatic carbocycles. The van der Waals surface area contributed by atoms with Crippen LogP contribution in [0.1, 0.15) is 0 Å². The molecule has 5 aromatic rings. The Morgan fingerprint density at radius 1 is 0.615 bits per heavy atom. The summed E-state index contributed by atoms with van der Waals surface area (Å²) in [4.78, 5) is 0. The van der Waals surface area contributed by atoms with Crippen LogP contribution in [-0.2, 0) is 0 Å². The second-order valence-electron chi connectivity index (χ2n) is 6.50. The van der Waals surface area contributed by atoms with Crippen molar-refractivity contribution in [2.45, 2.75) is 0 Å². The van der Waals surface area contributed by atoms with Crippen LogP contribution >= 0.6 is 0 Å². The standard InChI is InChI=1S/C22H16BNO2/c25-23(26)16-12-13-22-19(14-16)18-9-3-4-10-21(18)24(22)20-11-5-7-15-6-1-2-8-17(15)20/h1-14,25-26H. The zero-order valence-corrected chi connectivity index (χ0v) is 14.0. The minimum Gasteiger partial charge on any atom is -0.423 e. The van der Waals surface area contributed by atoms with Gasteiger partial charge in [-0.05, 0) is 29.0 Å². The zero-order valence-electron chi connectivity index (χ0n) is 14.0. The third-order valence-corrected chi connectivity index (χ3v) is 5.00. The number of aromatic nitrogens is 1. The van der Waals surface area contributed by atoms with Gasteiger partial charge in [-0.2, -0.15) is 0 Å². The van der Waals surface area contributed by atoms with Gasteiger partial charge in [-0.15, -0.1) is 0 Å². The Kier molecular flexibility index (Phi) is 3.35. The Balaban J connectivity index is 1.95. The van der Waals surface area contributed by atoms with Crippen LogP contribution in [0.3, 0.4) is 0 Å². The largest absolute Gasteiger partial charge is 0.488 e. The highest BCUT2D eigenvalue weighted by Gasteiger charge is 2.17. The van der Waals surface area contributed by atoms with E-state index in [9.17, 15) is 10.0 Å². The Morgan fingerprint density at radius 2 is 1.31 bits per heavy atom. The maximum Gasteiger partial charge on any atom is 0.488 e. The summed E-state index contributed by atoms with van der Waals surface area (Å²) < 4.78 is 2.25. The van der Waals surface area contributed by atoms with Gasteiger partial charge >= 0.3 is 7.12 Å². The second kappa shape index (κ2) is 5.73. The molecule has 0 saturated carbocycles. The van der Waals surface area contributed by atoms with Crippen molar-refractivity contribution in [1.82, 2.24) is 4.57 Å². The molecule has 0 unspecified atom stereocenters. The molecule has 0 amide bonds. The van der Waals surface area contributed by atoms with Crippen molar-refractivity contribution in [3.05, 3.63) is 84.9 Å². The molecule has 4 aromatic carbocycles. The van der Waals surface area contributed by atoms with E-state index in [1.807, 2.05) is 30.3 Å². The van der Waals surface area contributed by atoms with E-state index in [0.29, 0.717) is 5.46 Å². The molecule has 4 heteroatoms. The van der Waals surface area contributed by atoms with Gasteiger partial charge in [0, 0.05) is 16.2 Å². The summed E-state index contributed by atoms with van der Waals surface area (Å²) in [6.45, 7) is 0. The maximum atomic E-state index is 9.57. The van der Waals surface area contributed by atoms with Crippen LogP contribution in [0.25, 0.3) is 38.3 Å². The zero-order chi connectivity index (χ0) is 17.7. The molecule has 0 fully saturated rings. The molecule has 0 aliphatic heterocycles. The highest BCUT2D eigenvalue weighted by Crippen LogP contribution is 2.34. The van der Waals surface area contributed by atoms with Gasteiger partial charge in [-0.1, -0.05) is 66.7 Å². The Labute approximate surface area is 150 Å². The average molecular weight is 337 g/mol. The van der Waals surface area contributed by atoms with Crippen molar-refractivity contribution in [3.8, 4) is 5.69 Å². The van der Waals surface area contributed by atoms with Crippen LogP contribution in [0.2, 0.25) is 0 Å². The third-order valence-electron chi connectivity index (χ3n) is 5.00. The number of benzene rings is 4. The van der Waals surface area contributed by atoms with Gasteiger partial charge in [0.05, 0.1) is 16.7 Å². The lowest BCUT2D eigenvalue weighted by Crippen LogP contribution is -2.29. The molecular weight excluding hydrogens is 321 g/mol. The topological polar surface area (TPSA) is 45.4 Å². The number of hydrogen-bond donors (Lipinski definition) is 2. The van der Waals surface area contributed by atoms with Gasteiger partial charge in [0.15, 0.2) is 0 Å². The summed E-state index contributed by atoms with van der Waals surface area (Å²) >= 11 is 0. The van der Waals surface area contributed by atoms with Crippen LogP contribution in [-0.4, -0.2) is 21.7 Å². The molecule has 0 atom stereocenters. The van der Waals surface area contributed by atoms with Crippen molar-refractivity contribution in [2.75, 3.05) is 0 Å². The third kappa shape index (κ3) is 2.17. The van der Waals surface area contributed by atoms with Gasteiger partial charge in [-0.25, -0.2) is 0 Å². The average Bonchev–Trinajstić information content (AvgIpc) is 3.01. The second-order valence-corrected chi connectivity index (χ2v) is 6.50. The molecule has 2 N–H and O–H groups in total. The first kappa shape index (κ1) is 15.2. The monoisotopic (exact) mass is 337 g/mol. The predicted molar refractivity (Wildman–Crippen MR) is 108 cm³/mol. The first-order valence-electron chi connectivity index (χ1n) is 8.61. The SMILES string of the molecule is OB(O)c1ccc2c(c1)c1ccccc1n2-c1cccc2ccccc12. The lowest BCUT2D eigenvalue weighted by atomic mass is 9.80. The molecule has 124 valence electrons. The molecule has 0 saturated heterocycles. The molecule has 5 rings (SSSR count). The van der Waals surface area contributed by atoms with Gasteiger partial charge < -0.3 is 14.6 Å². The smallest absolute Gasteiger partial charge is 0.423 e. The first-order valence-corrected chi connectivity index (χ1v) is 8.61. The summed E-state index contributed by atoms with van der Waals surface area (Å²) in [6.07, 6.45) is 0. The highest BCUT2D eigenvalue weighted by atomic mass is 16.4. The minimum atomic E-state index is -1.47. The van der Waals surface area contributed by atoms with Gasteiger partial charge in [-0.3, -0.25) is 0 Å². The summed E-state index contributed by atoms with van der Waals surface area (Å²) in [6, 6.07) is 28.5. The molecule has 0 spiro atoms. The number of para-hydroxylation sites is 1. The fraction of sp³-hybridized carbons (Fsp3) is 0. The van der Waals surface area contributed by atoms with E-state index in [1.54, 1.807) is 6.07 Å². The quantitative estimate of drug-likeness (QED) is 0.483. The Bertz CT molecular complexity index is 1270. The van der Waals surface area contributed by atoms with E-state index >= 15 is 0 Å². The predicted octanol–water partition coefficient (Wildman–Crippen LogP) is 3.62. The Hall–Kier alpha value is -3.08. The van der Waals surface area contributed by atoms with Crippen LogP contribution in [0.5, 0.6) is 0 Å². The fourth-order valence-electron chi connectivity index (χ4n) is 3.81. The molecular formula is C22H16BNO2. The van der Waals surface area contributed by atoms with E-state index in [-0.39, 0.29) is 0 Å². The summed E-state index contributed by atoms with van der Waals surface area (Å²) in [7, 11) is -1.47. The molecule has 1 aromatic heterocycles. The van der Waals surface area contributed by atoms with E-state index in [2.05, 4.69) is 53.1 Å². The molecule has 1 heterocycles. The van der Waals surface area contributed by atoms with Crippen LogP contribution < -0.4 is 5.46 Å². The number of nitrogens with zero attached hydrogens (tertiary/aromatic N) is 1. The summed E-state index contributed by atoms with van der Waals surface area (Å²) in [5.74, 6) is 0. The van der Waals surface area contributed by atoms with E-state index in [4.69, 9.17) is 0 Å². The summed E-state index contributed by atoms with van der Waals surface area (Å²) in [5, 5.41) is 23.6. The van der Waals surface area contributed by atoms with Crippen molar-refractivity contribution in [2.24, 2.45) is 0 Å². The van der Waals surface area contributed by atoms with Crippen molar-refractivity contribution >= 4 is 45.2 Å². The number of fused-ring (bicyclic) bond motifs is 4. The highest BCUT2D eigenvalue weighted by molar-refractivity contribution is 6.59. The maximum absolute atomic E-state index is 9.57. The van der Waals surface area contributed by atoms with Crippen molar-refractivity contribution in [1.29, 1.82) is 0 Å². The lowest BCUT2D eigenvalue weighted by Gasteiger charge is -2.11. The fourth-order valence-corrected chi connectivity index (χ4v) is 3.81. The van der Waals surface area contributed by atoms with Gasteiger partial charge in [0.25, 0.3) is 0 Å². The van der Waals surface area contributed by atoms with E-state index in [0.717, 1.165) is 27.5 Å². The lowest BCUT2D eigenvalue weighted by molar-refractivity contribution is 0.426. The first-order chi connectivity index (χ1) is 12.7. The van der Waals surface area contributed by atoms with Crippen LogP contribution in [0, 0.1) is 0 Å².